The van der Waals surface area contributed by atoms with E-state index in [0.29, 0.717) is 91.1 Å². The van der Waals surface area contributed by atoms with Crippen molar-refractivity contribution in [2.75, 3.05) is 97.4 Å². The molecule has 19 nitrogen and oxygen atoms in total. The van der Waals surface area contributed by atoms with E-state index >= 15 is 0 Å². The van der Waals surface area contributed by atoms with Gasteiger partial charge in [-0.3, -0.25) is 43.9 Å². The van der Waals surface area contributed by atoms with Crippen molar-refractivity contribution in [1.82, 2.24) is 35.3 Å². The van der Waals surface area contributed by atoms with E-state index < -0.39 is 35.8 Å². The molecule has 2 fully saturated rings. The predicted octanol–water partition coefficient (Wildman–Crippen LogP) is 0.596. The van der Waals surface area contributed by atoms with Crippen molar-refractivity contribution in [3.63, 3.8) is 0 Å². The maximum atomic E-state index is 13.2. The fourth-order valence-electron chi connectivity index (χ4n) is 8.20. The van der Waals surface area contributed by atoms with Crippen LogP contribution in [0.4, 0.5) is 5.69 Å². The van der Waals surface area contributed by atoms with E-state index in [2.05, 4.69) is 43.0 Å². The van der Waals surface area contributed by atoms with E-state index in [1.165, 1.54) is 17.5 Å². The number of aromatic nitrogens is 2. The Morgan fingerprint density at radius 1 is 0.844 bits per heavy atom. The highest BCUT2D eigenvalue weighted by atomic mass is 16.6. The van der Waals surface area contributed by atoms with E-state index in [0.717, 1.165) is 30.1 Å². The lowest BCUT2D eigenvalue weighted by atomic mass is 9.94. The van der Waals surface area contributed by atoms with Gasteiger partial charge in [-0.1, -0.05) is 30.3 Å². The number of β-amino-alcohol motifs (C(OH)–C–C–N with tert-alkyl or cyclic N) is 1. The molecule has 2 aromatic carbocycles. The number of ether oxygens (including phenoxy) is 4. The molecule has 7 rings (SSSR count). The van der Waals surface area contributed by atoms with E-state index in [1.807, 2.05) is 12.1 Å². The second-order valence-electron chi connectivity index (χ2n) is 16.2. The van der Waals surface area contributed by atoms with Crippen LogP contribution in [-0.2, 0) is 52.7 Å². The van der Waals surface area contributed by atoms with Gasteiger partial charge in [-0.2, -0.15) is 0 Å². The Kier molecular flexibility index (Phi) is 16.5. The molecule has 64 heavy (non-hydrogen) atoms. The Morgan fingerprint density at radius 3 is 2.31 bits per heavy atom. The number of imide groups is 2. The summed E-state index contributed by atoms with van der Waals surface area (Å²) in [5, 5.41) is 18.7. The zero-order valence-electron chi connectivity index (χ0n) is 35.8. The molecule has 2 atom stereocenters. The maximum Gasteiger partial charge on any atom is 0.270 e. The molecular formula is C45H56N8O11. The Morgan fingerprint density at radius 2 is 1.56 bits per heavy atom. The van der Waals surface area contributed by atoms with Gasteiger partial charge in [0, 0.05) is 63.6 Å². The van der Waals surface area contributed by atoms with Crippen LogP contribution in [0.2, 0.25) is 0 Å². The van der Waals surface area contributed by atoms with Crippen LogP contribution in [0.25, 0.3) is 0 Å². The van der Waals surface area contributed by atoms with E-state index in [1.54, 1.807) is 29.2 Å². The van der Waals surface area contributed by atoms with Gasteiger partial charge in [0.05, 0.1) is 76.5 Å². The molecule has 3 aromatic rings. The fraction of sp³-hybridized carbons (Fsp3) is 0.511. The number of aliphatic hydroxyl groups is 1. The highest BCUT2D eigenvalue weighted by Gasteiger charge is 2.45. The first kappa shape index (κ1) is 46.3. The van der Waals surface area contributed by atoms with Gasteiger partial charge in [0.15, 0.2) is 0 Å². The summed E-state index contributed by atoms with van der Waals surface area (Å²) >= 11 is 0. The van der Waals surface area contributed by atoms with Crippen molar-refractivity contribution in [3.8, 4) is 0 Å². The van der Waals surface area contributed by atoms with Crippen LogP contribution in [0.15, 0.2) is 54.9 Å². The van der Waals surface area contributed by atoms with Crippen LogP contribution in [0.3, 0.4) is 0 Å². The molecule has 0 spiro atoms. The molecule has 6 amide bonds. The van der Waals surface area contributed by atoms with Gasteiger partial charge in [-0.05, 0) is 54.5 Å². The number of hydrogen-bond acceptors (Lipinski definition) is 15. The lowest BCUT2D eigenvalue weighted by molar-refractivity contribution is -0.139. The molecule has 342 valence electrons. The number of anilines is 1. The number of carbonyl (C=O) groups excluding carboxylic acids is 6. The van der Waals surface area contributed by atoms with Crippen LogP contribution in [0.5, 0.6) is 0 Å². The molecule has 2 saturated heterocycles. The highest BCUT2D eigenvalue weighted by Crippen LogP contribution is 2.32. The normalized spacial score (nSPS) is 18.0. The van der Waals surface area contributed by atoms with Crippen LogP contribution >= 0.6 is 0 Å². The van der Waals surface area contributed by atoms with Crippen LogP contribution < -0.4 is 16.0 Å². The summed E-state index contributed by atoms with van der Waals surface area (Å²) < 4.78 is 22.3. The number of fused-ring (bicyclic) bond motifs is 2. The Balaban J connectivity index is 0.663. The predicted molar refractivity (Wildman–Crippen MR) is 229 cm³/mol. The standard InChI is InChI=1S/C45H56N8O11/c54-34(28-51-13-10-31-4-1-2-5-32(31)27-51)24-47-42(57)37-23-33(48-29-49-37)22-30-25-52(26-30)40(56)11-14-61-16-18-63-20-21-64-19-17-62-15-12-46-36-7-3-6-35-41(36)45(60)53(44(35)59)38-8-9-39(55)50-43(38)58/h1-7,23,29-30,34,38,46,54H,8-22,24-28H2,(H,47,57)(H,50,55,58)/t34-,38?/m0/s1. The number of benzene rings is 2. The monoisotopic (exact) mass is 884 g/mol. The quantitative estimate of drug-likeness (QED) is 0.0713. The summed E-state index contributed by atoms with van der Waals surface area (Å²) in [6.07, 6.45) is 2.65. The van der Waals surface area contributed by atoms with Crippen molar-refractivity contribution in [1.29, 1.82) is 0 Å². The van der Waals surface area contributed by atoms with Gasteiger partial charge in [-0.25, -0.2) is 9.97 Å². The van der Waals surface area contributed by atoms with Crippen molar-refractivity contribution in [3.05, 3.63) is 88.5 Å². The molecule has 19 heteroatoms. The minimum absolute atomic E-state index is 0.0205. The maximum absolute atomic E-state index is 13.2. The first-order valence-corrected chi connectivity index (χ1v) is 21.9. The first-order valence-electron chi connectivity index (χ1n) is 21.9. The third kappa shape index (κ3) is 12.3. The molecule has 4 aliphatic heterocycles. The number of piperidine rings is 1. The molecule has 0 saturated carbocycles. The van der Waals surface area contributed by atoms with E-state index in [-0.39, 0.29) is 60.4 Å². The van der Waals surface area contributed by atoms with Crippen LogP contribution in [0.1, 0.15) is 67.3 Å². The minimum Gasteiger partial charge on any atom is -0.390 e. The molecule has 0 bridgehead atoms. The molecule has 1 unspecified atom stereocenters. The molecule has 1 aromatic heterocycles. The Labute approximate surface area is 371 Å². The largest absolute Gasteiger partial charge is 0.390 e. The van der Waals surface area contributed by atoms with Crippen LogP contribution in [0, 0.1) is 5.92 Å². The number of likely N-dealkylation sites (tertiary alicyclic amines) is 1. The Hall–Kier alpha value is -5.70. The van der Waals surface area contributed by atoms with Gasteiger partial charge in [0.2, 0.25) is 17.7 Å². The van der Waals surface area contributed by atoms with E-state index in [9.17, 15) is 33.9 Å². The molecule has 0 radical (unpaired) electrons. The second kappa shape index (κ2) is 22.8. The van der Waals surface area contributed by atoms with Gasteiger partial charge in [-0.15, -0.1) is 0 Å². The molecule has 0 aliphatic carbocycles. The average Bonchev–Trinajstić information content (AvgIpc) is 3.53. The van der Waals surface area contributed by atoms with E-state index in [4.69, 9.17) is 18.9 Å². The fourth-order valence-corrected chi connectivity index (χ4v) is 8.20. The zero-order chi connectivity index (χ0) is 44.8. The first-order chi connectivity index (χ1) is 31.1. The molecule has 5 heterocycles. The number of nitrogens with one attached hydrogen (secondary N) is 3. The highest BCUT2D eigenvalue weighted by molar-refractivity contribution is 6.25. The molecular weight excluding hydrogens is 829 g/mol. The van der Waals surface area contributed by atoms with Gasteiger partial charge in [0.25, 0.3) is 17.7 Å². The minimum atomic E-state index is -1.03. The summed E-state index contributed by atoms with van der Waals surface area (Å²) in [5.74, 6) is -2.32. The Bertz CT molecular complexity index is 2150. The number of rotatable bonds is 24. The van der Waals surface area contributed by atoms with Crippen molar-refractivity contribution in [2.24, 2.45) is 5.92 Å². The van der Waals surface area contributed by atoms with Crippen molar-refractivity contribution >= 4 is 41.1 Å². The topological polar surface area (TPSA) is 231 Å². The number of aliphatic hydroxyl groups excluding tert-OH is 1. The second-order valence-corrected chi connectivity index (χ2v) is 16.2. The van der Waals surface area contributed by atoms with Gasteiger partial charge >= 0.3 is 0 Å². The third-order valence-corrected chi connectivity index (χ3v) is 11.5. The number of nitrogens with zero attached hydrogens (tertiary/aromatic N) is 5. The average molecular weight is 885 g/mol. The van der Waals surface area contributed by atoms with Gasteiger partial charge < -0.3 is 39.6 Å². The summed E-state index contributed by atoms with van der Waals surface area (Å²) in [6, 6.07) is 13.9. The van der Waals surface area contributed by atoms with Crippen molar-refractivity contribution < 1.29 is 52.8 Å². The lowest BCUT2D eigenvalue weighted by Gasteiger charge is -2.39. The zero-order valence-corrected chi connectivity index (χ0v) is 35.8. The smallest absolute Gasteiger partial charge is 0.270 e. The van der Waals surface area contributed by atoms with Gasteiger partial charge in [0.1, 0.15) is 18.1 Å². The number of amides is 6. The summed E-state index contributed by atoms with van der Waals surface area (Å²) in [7, 11) is 0. The SMILES string of the molecule is O=C1CCC(N2C(=O)c3cccc(NCCOCCOCCOCCOCCC(=O)N4CC(Cc5cc(C(=O)NC[C@H](O)CN6CCc7ccccc7C6)ncn5)C4)c3C2=O)C(=O)N1. The molecule has 4 N–H and O–H groups in total. The van der Waals surface area contributed by atoms with Crippen LogP contribution in [-0.4, -0.2) is 169 Å². The lowest BCUT2D eigenvalue weighted by Crippen LogP contribution is -2.54. The summed E-state index contributed by atoms with van der Waals surface area (Å²) in [4.78, 5) is 88.9. The summed E-state index contributed by atoms with van der Waals surface area (Å²) in [6.45, 7) is 6.58. The summed E-state index contributed by atoms with van der Waals surface area (Å²) in [5.41, 5.74) is 4.46. The number of hydrogen-bond donors (Lipinski definition) is 4. The third-order valence-electron chi connectivity index (χ3n) is 11.5. The van der Waals surface area contributed by atoms with Crippen molar-refractivity contribution in [2.45, 2.75) is 50.8 Å². The molecule has 4 aliphatic rings. The number of carbonyl (C=O) groups is 6.